The molecule has 2 rings (SSSR count). The predicted molar refractivity (Wildman–Crippen MR) is 104 cm³/mol. The van der Waals surface area contributed by atoms with Gasteiger partial charge in [0.25, 0.3) is 0 Å². The van der Waals surface area contributed by atoms with Crippen LogP contribution in [0, 0.1) is 0 Å². The zero-order valence-corrected chi connectivity index (χ0v) is 16.2. The van der Waals surface area contributed by atoms with Gasteiger partial charge < -0.3 is 20.1 Å². The summed E-state index contributed by atoms with van der Waals surface area (Å²) in [6, 6.07) is 8.44. The van der Waals surface area contributed by atoms with Gasteiger partial charge in [0.15, 0.2) is 5.11 Å². The number of nitrogens with one attached hydrogen (secondary N) is 2. The van der Waals surface area contributed by atoms with Gasteiger partial charge in [-0.3, -0.25) is 0 Å². The van der Waals surface area contributed by atoms with E-state index in [0.29, 0.717) is 45.9 Å². The standard InChI is InChI=1S/C18H18ClF3N2O2S/c1-25-15-10-14(16(26-2)9-13(15)19)24-17(27)23-7-6-11-4-3-5-12(8-11)18(20,21)22/h3-5,8-10H,6-7H2,1-2H3,(H2,23,24,27). The van der Waals surface area contributed by atoms with Crippen LogP contribution in [0.15, 0.2) is 36.4 Å². The van der Waals surface area contributed by atoms with Crippen molar-refractivity contribution in [2.45, 2.75) is 12.6 Å². The molecule has 4 nitrogen and oxygen atoms in total. The Morgan fingerprint density at radius 3 is 2.44 bits per heavy atom. The van der Waals surface area contributed by atoms with Gasteiger partial charge in [0.2, 0.25) is 0 Å². The number of ether oxygens (including phenoxy) is 2. The minimum atomic E-state index is -4.36. The molecule has 0 amide bonds. The number of hydrogen-bond donors (Lipinski definition) is 2. The van der Waals surface area contributed by atoms with Crippen LogP contribution < -0.4 is 20.1 Å². The number of anilines is 1. The Kier molecular flexibility index (Phi) is 7.15. The summed E-state index contributed by atoms with van der Waals surface area (Å²) < 4.78 is 48.6. The Labute approximate surface area is 165 Å². The maximum Gasteiger partial charge on any atom is 0.416 e. The molecular weight excluding hydrogens is 401 g/mol. The lowest BCUT2D eigenvalue weighted by Gasteiger charge is -2.15. The largest absolute Gasteiger partial charge is 0.495 e. The van der Waals surface area contributed by atoms with Gasteiger partial charge in [0.1, 0.15) is 11.5 Å². The average molecular weight is 419 g/mol. The van der Waals surface area contributed by atoms with E-state index in [1.165, 1.54) is 20.3 Å². The number of alkyl halides is 3. The van der Waals surface area contributed by atoms with Gasteiger partial charge in [0, 0.05) is 18.7 Å². The second-order valence-electron chi connectivity index (χ2n) is 5.52. The van der Waals surface area contributed by atoms with Crippen LogP contribution in [0.2, 0.25) is 5.02 Å². The van der Waals surface area contributed by atoms with E-state index in [9.17, 15) is 13.2 Å². The van der Waals surface area contributed by atoms with Crippen molar-refractivity contribution in [2.24, 2.45) is 0 Å². The fourth-order valence-corrected chi connectivity index (χ4v) is 2.79. The molecule has 0 aliphatic heterocycles. The highest BCUT2D eigenvalue weighted by molar-refractivity contribution is 7.80. The minimum absolute atomic E-state index is 0.296. The van der Waals surface area contributed by atoms with Gasteiger partial charge in [-0.2, -0.15) is 13.2 Å². The molecule has 0 aromatic heterocycles. The van der Waals surface area contributed by atoms with E-state index in [1.54, 1.807) is 18.2 Å². The van der Waals surface area contributed by atoms with Gasteiger partial charge >= 0.3 is 6.18 Å². The predicted octanol–water partition coefficient (Wildman–Crippen LogP) is 4.91. The molecule has 9 heteroatoms. The second kappa shape index (κ2) is 9.14. The van der Waals surface area contributed by atoms with Crippen molar-refractivity contribution in [2.75, 3.05) is 26.1 Å². The summed E-state index contributed by atoms with van der Waals surface area (Å²) in [6.45, 7) is 0.361. The normalized spacial score (nSPS) is 11.0. The minimum Gasteiger partial charge on any atom is -0.495 e. The fraction of sp³-hybridized carbons (Fsp3) is 0.278. The Balaban J connectivity index is 1.96. The molecule has 0 heterocycles. The summed E-state index contributed by atoms with van der Waals surface area (Å²) in [6.07, 6.45) is -3.97. The maximum absolute atomic E-state index is 12.7. The van der Waals surface area contributed by atoms with Crippen molar-refractivity contribution in [3.8, 4) is 11.5 Å². The maximum atomic E-state index is 12.7. The van der Waals surface area contributed by atoms with E-state index >= 15 is 0 Å². The SMILES string of the molecule is COc1cc(NC(=S)NCCc2cccc(C(F)(F)F)c2)c(OC)cc1Cl. The summed E-state index contributed by atoms with van der Waals surface area (Å²) >= 11 is 11.3. The molecule has 2 aromatic rings. The summed E-state index contributed by atoms with van der Waals surface area (Å²) in [5.41, 5.74) is 0.444. The van der Waals surface area contributed by atoms with Crippen molar-refractivity contribution in [1.29, 1.82) is 0 Å². The monoisotopic (exact) mass is 418 g/mol. The highest BCUT2D eigenvalue weighted by atomic mass is 35.5. The van der Waals surface area contributed by atoms with Crippen molar-refractivity contribution in [3.63, 3.8) is 0 Å². The van der Waals surface area contributed by atoms with E-state index < -0.39 is 11.7 Å². The number of rotatable bonds is 6. The summed E-state index contributed by atoms with van der Waals surface area (Å²) in [4.78, 5) is 0. The van der Waals surface area contributed by atoms with Crippen LogP contribution in [0.5, 0.6) is 11.5 Å². The van der Waals surface area contributed by atoms with Crippen molar-refractivity contribution in [3.05, 3.63) is 52.5 Å². The summed E-state index contributed by atoms with van der Waals surface area (Å²) in [5, 5.41) is 6.60. The summed E-state index contributed by atoms with van der Waals surface area (Å²) in [7, 11) is 2.98. The number of hydrogen-bond acceptors (Lipinski definition) is 3. The molecule has 2 N–H and O–H groups in total. The number of methoxy groups -OCH3 is 2. The van der Waals surface area contributed by atoms with Crippen LogP contribution in [0.4, 0.5) is 18.9 Å². The zero-order valence-electron chi connectivity index (χ0n) is 14.6. The number of benzene rings is 2. The molecule has 0 saturated heterocycles. The van der Waals surface area contributed by atoms with Gasteiger partial charge in [0.05, 0.1) is 30.5 Å². The molecule has 0 fully saturated rings. The first-order valence-electron chi connectivity index (χ1n) is 7.87. The van der Waals surface area contributed by atoms with Gasteiger partial charge in [-0.25, -0.2) is 0 Å². The molecular formula is C18H18ClF3N2O2S. The Hall–Kier alpha value is -2.19. The molecule has 0 aliphatic carbocycles. The topological polar surface area (TPSA) is 42.5 Å². The highest BCUT2D eigenvalue weighted by Crippen LogP contribution is 2.35. The third-order valence-electron chi connectivity index (χ3n) is 3.68. The molecule has 0 bridgehead atoms. The van der Waals surface area contributed by atoms with Crippen molar-refractivity contribution < 1.29 is 22.6 Å². The Bertz CT molecular complexity index is 816. The van der Waals surface area contributed by atoms with E-state index in [1.807, 2.05) is 0 Å². The van der Waals surface area contributed by atoms with Crippen LogP contribution in [-0.2, 0) is 12.6 Å². The van der Waals surface area contributed by atoms with Crippen LogP contribution >= 0.6 is 23.8 Å². The molecule has 0 aliphatic rings. The van der Waals surface area contributed by atoms with Gasteiger partial charge in [-0.15, -0.1) is 0 Å². The van der Waals surface area contributed by atoms with Crippen LogP contribution in [0.25, 0.3) is 0 Å². The average Bonchev–Trinajstić information content (AvgIpc) is 2.62. The zero-order chi connectivity index (χ0) is 20.0. The molecule has 27 heavy (non-hydrogen) atoms. The van der Waals surface area contributed by atoms with Gasteiger partial charge in [-0.1, -0.05) is 29.8 Å². The van der Waals surface area contributed by atoms with Crippen molar-refractivity contribution >= 4 is 34.6 Å². The van der Waals surface area contributed by atoms with Crippen molar-refractivity contribution in [1.82, 2.24) is 5.32 Å². The first-order chi connectivity index (χ1) is 12.7. The highest BCUT2D eigenvalue weighted by Gasteiger charge is 2.30. The lowest BCUT2D eigenvalue weighted by atomic mass is 10.1. The Morgan fingerprint density at radius 2 is 1.81 bits per heavy atom. The molecule has 0 saturated carbocycles. The molecule has 0 atom stereocenters. The Morgan fingerprint density at radius 1 is 1.11 bits per heavy atom. The third kappa shape index (κ3) is 5.90. The van der Waals surface area contributed by atoms with E-state index in [4.69, 9.17) is 33.3 Å². The molecule has 0 spiro atoms. The quantitative estimate of drug-likeness (QED) is 0.653. The number of halogens is 4. The van der Waals surface area contributed by atoms with Crippen LogP contribution in [0.1, 0.15) is 11.1 Å². The van der Waals surface area contributed by atoms with Crippen LogP contribution in [-0.4, -0.2) is 25.9 Å². The molecule has 0 unspecified atom stereocenters. The van der Waals surface area contributed by atoms with E-state index in [2.05, 4.69) is 10.6 Å². The second-order valence-corrected chi connectivity index (χ2v) is 6.33. The molecule has 146 valence electrons. The van der Waals surface area contributed by atoms with E-state index in [-0.39, 0.29) is 0 Å². The summed E-state index contributed by atoms with van der Waals surface area (Å²) in [5.74, 6) is 0.926. The lowest BCUT2D eigenvalue weighted by molar-refractivity contribution is -0.137. The number of thiocarbonyl (C=S) groups is 1. The van der Waals surface area contributed by atoms with Crippen LogP contribution in [0.3, 0.4) is 0 Å². The van der Waals surface area contributed by atoms with E-state index in [0.717, 1.165) is 12.1 Å². The smallest absolute Gasteiger partial charge is 0.416 e. The third-order valence-corrected chi connectivity index (χ3v) is 4.22. The molecule has 2 aromatic carbocycles. The fourth-order valence-electron chi connectivity index (χ4n) is 2.35. The molecule has 0 radical (unpaired) electrons. The lowest BCUT2D eigenvalue weighted by Crippen LogP contribution is -2.30. The van der Waals surface area contributed by atoms with Gasteiger partial charge in [-0.05, 0) is 30.3 Å². The first kappa shape index (κ1) is 21.1. The first-order valence-corrected chi connectivity index (χ1v) is 8.65.